The fraction of sp³-hybridized carbons (Fsp3) is 0.500. The van der Waals surface area contributed by atoms with Gasteiger partial charge in [-0.2, -0.15) is 0 Å². The fourth-order valence-electron chi connectivity index (χ4n) is 2.59. The molecule has 0 unspecified atom stereocenters. The van der Waals surface area contributed by atoms with Gasteiger partial charge in [0, 0.05) is 12.7 Å². The zero-order valence-corrected chi connectivity index (χ0v) is 8.76. The van der Waals surface area contributed by atoms with Crippen molar-refractivity contribution in [3.63, 3.8) is 0 Å². The number of nitrogens with zero attached hydrogens (tertiary/aromatic N) is 3. The summed E-state index contributed by atoms with van der Waals surface area (Å²) in [6, 6.07) is 1.98. The summed E-state index contributed by atoms with van der Waals surface area (Å²) in [7, 11) is 0. The van der Waals surface area contributed by atoms with E-state index in [4.69, 9.17) is 0 Å². The third kappa shape index (κ3) is 1.79. The molecule has 15 heavy (non-hydrogen) atoms. The van der Waals surface area contributed by atoms with Gasteiger partial charge in [-0.1, -0.05) is 5.57 Å². The zero-order valence-electron chi connectivity index (χ0n) is 8.76. The summed E-state index contributed by atoms with van der Waals surface area (Å²) in [5.74, 6) is 0.810. The van der Waals surface area contributed by atoms with Crippen LogP contribution in [0.4, 0.5) is 0 Å². The SMILES string of the molecule is C(=C1CN2CCC1CC2)c1ccncn1. The lowest BCUT2D eigenvalue weighted by Gasteiger charge is -2.41. The average Bonchev–Trinajstić information content (AvgIpc) is 2.32. The van der Waals surface area contributed by atoms with Gasteiger partial charge in [0.1, 0.15) is 6.33 Å². The van der Waals surface area contributed by atoms with E-state index in [1.165, 1.54) is 25.9 Å². The molecule has 0 amide bonds. The first-order chi connectivity index (χ1) is 7.42. The van der Waals surface area contributed by atoms with Crippen LogP contribution in [0.25, 0.3) is 6.08 Å². The molecular weight excluding hydrogens is 186 g/mol. The normalized spacial score (nSPS) is 32.1. The van der Waals surface area contributed by atoms with Crippen molar-refractivity contribution < 1.29 is 0 Å². The van der Waals surface area contributed by atoms with Crippen LogP contribution >= 0.6 is 0 Å². The van der Waals surface area contributed by atoms with Gasteiger partial charge in [-0.15, -0.1) is 0 Å². The van der Waals surface area contributed by atoms with Crippen LogP contribution in [0.5, 0.6) is 0 Å². The van der Waals surface area contributed by atoms with Crippen molar-refractivity contribution in [2.45, 2.75) is 12.8 Å². The highest BCUT2D eigenvalue weighted by atomic mass is 15.1. The van der Waals surface area contributed by atoms with Crippen LogP contribution in [0, 0.1) is 5.92 Å². The van der Waals surface area contributed by atoms with Crippen LogP contribution in [-0.4, -0.2) is 34.5 Å². The maximum atomic E-state index is 4.25. The summed E-state index contributed by atoms with van der Waals surface area (Å²) in [5.41, 5.74) is 2.61. The second-order valence-electron chi connectivity index (χ2n) is 4.40. The summed E-state index contributed by atoms with van der Waals surface area (Å²) in [6.07, 6.45) is 8.33. The third-order valence-electron chi connectivity index (χ3n) is 3.46. The summed E-state index contributed by atoms with van der Waals surface area (Å²) in [4.78, 5) is 10.7. The van der Waals surface area contributed by atoms with Crippen molar-refractivity contribution in [2.24, 2.45) is 5.92 Å². The molecule has 0 radical (unpaired) electrons. The number of hydrogen-bond acceptors (Lipinski definition) is 3. The van der Waals surface area contributed by atoms with Crippen LogP contribution < -0.4 is 0 Å². The van der Waals surface area contributed by atoms with Crippen molar-refractivity contribution in [1.29, 1.82) is 0 Å². The highest BCUT2D eigenvalue weighted by Gasteiger charge is 2.29. The quantitative estimate of drug-likeness (QED) is 0.691. The Kier molecular flexibility index (Phi) is 2.25. The Hall–Kier alpha value is -1.22. The minimum atomic E-state index is 0.810. The summed E-state index contributed by atoms with van der Waals surface area (Å²) < 4.78 is 0. The van der Waals surface area contributed by atoms with Gasteiger partial charge >= 0.3 is 0 Å². The molecule has 0 atom stereocenters. The molecule has 1 aromatic rings. The maximum Gasteiger partial charge on any atom is 0.115 e. The van der Waals surface area contributed by atoms with Gasteiger partial charge in [0.05, 0.1) is 5.69 Å². The lowest BCUT2D eigenvalue weighted by atomic mass is 9.83. The predicted octanol–water partition coefficient (Wildman–Crippen LogP) is 1.59. The first-order valence-electron chi connectivity index (χ1n) is 5.60. The first-order valence-corrected chi connectivity index (χ1v) is 5.60. The van der Waals surface area contributed by atoms with Gasteiger partial charge in [-0.3, -0.25) is 4.90 Å². The molecule has 0 aromatic carbocycles. The van der Waals surface area contributed by atoms with E-state index in [1.54, 1.807) is 18.1 Å². The molecule has 1 aromatic heterocycles. The number of piperidine rings is 3. The van der Waals surface area contributed by atoms with Crippen LogP contribution in [0.3, 0.4) is 0 Å². The monoisotopic (exact) mass is 201 g/mol. The van der Waals surface area contributed by atoms with Crippen molar-refractivity contribution in [2.75, 3.05) is 19.6 Å². The van der Waals surface area contributed by atoms with E-state index in [2.05, 4.69) is 20.9 Å². The van der Waals surface area contributed by atoms with Crippen molar-refractivity contribution in [3.8, 4) is 0 Å². The van der Waals surface area contributed by atoms with Crippen molar-refractivity contribution >= 4 is 6.08 Å². The van der Waals surface area contributed by atoms with E-state index >= 15 is 0 Å². The van der Waals surface area contributed by atoms with E-state index in [0.29, 0.717) is 0 Å². The largest absolute Gasteiger partial charge is 0.299 e. The van der Waals surface area contributed by atoms with E-state index in [-0.39, 0.29) is 0 Å². The van der Waals surface area contributed by atoms with Gasteiger partial charge in [-0.25, -0.2) is 9.97 Å². The van der Waals surface area contributed by atoms with Gasteiger partial charge in [0.15, 0.2) is 0 Å². The smallest absolute Gasteiger partial charge is 0.115 e. The second-order valence-corrected chi connectivity index (χ2v) is 4.40. The number of hydrogen-bond donors (Lipinski definition) is 0. The predicted molar refractivity (Wildman–Crippen MR) is 59.2 cm³/mol. The summed E-state index contributed by atoms with van der Waals surface area (Å²) in [6.45, 7) is 3.71. The molecule has 4 rings (SSSR count). The maximum absolute atomic E-state index is 4.25. The molecule has 0 saturated carbocycles. The fourth-order valence-corrected chi connectivity index (χ4v) is 2.59. The number of rotatable bonds is 1. The highest BCUT2D eigenvalue weighted by molar-refractivity contribution is 5.50. The molecule has 0 aliphatic carbocycles. The average molecular weight is 201 g/mol. The lowest BCUT2D eigenvalue weighted by molar-refractivity contribution is 0.163. The lowest BCUT2D eigenvalue weighted by Crippen LogP contribution is -2.42. The Balaban J connectivity index is 1.85. The molecular formula is C12H15N3. The summed E-state index contributed by atoms with van der Waals surface area (Å²) in [5, 5.41) is 0. The van der Waals surface area contributed by atoms with Gasteiger partial charge in [-0.05, 0) is 44.0 Å². The van der Waals surface area contributed by atoms with E-state index in [1.807, 2.05) is 6.07 Å². The Morgan fingerprint density at radius 3 is 2.80 bits per heavy atom. The molecule has 4 heterocycles. The topological polar surface area (TPSA) is 29.0 Å². The van der Waals surface area contributed by atoms with Gasteiger partial charge in [0.25, 0.3) is 0 Å². The molecule has 3 heteroatoms. The van der Waals surface area contributed by atoms with Crippen LogP contribution in [0.2, 0.25) is 0 Å². The molecule has 3 saturated heterocycles. The molecule has 3 nitrogen and oxygen atoms in total. The van der Waals surface area contributed by atoms with E-state index in [9.17, 15) is 0 Å². The Morgan fingerprint density at radius 2 is 2.20 bits per heavy atom. The van der Waals surface area contributed by atoms with Gasteiger partial charge in [0.2, 0.25) is 0 Å². The molecule has 3 aliphatic rings. The Labute approximate surface area is 89.8 Å². The minimum Gasteiger partial charge on any atom is -0.299 e. The van der Waals surface area contributed by atoms with Crippen LogP contribution in [0.15, 0.2) is 24.2 Å². The highest BCUT2D eigenvalue weighted by Crippen LogP contribution is 2.32. The Bertz CT molecular complexity index is 364. The van der Waals surface area contributed by atoms with E-state index in [0.717, 1.165) is 18.2 Å². The summed E-state index contributed by atoms with van der Waals surface area (Å²) >= 11 is 0. The number of fused-ring (bicyclic) bond motifs is 3. The standard InChI is InChI=1S/C12H15N3/c1-4-13-9-14-12(1)7-11-8-15-5-2-10(11)3-6-15/h1,4,7,9-10H,2-3,5-6,8H2. The van der Waals surface area contributed by atoms with E-state index < -0.39 is 0 Å². The number of aromatic nitrogens is 2. The Morgan fingerprint density at radius 1 is 1.33 bits per heavy atom. The van der Waals surface area contributed by atoms with Crippen molar-refractivity contribution in [1.82, 2.24) is 14.9 Å². The van der Waals surface area contributed by atoms with Crippen molar-refractivity contribution in [3.05, 3.63) is 29.9 Å². The zero-order chi connectivity index (χ0) is 10.1. The second kappa shape index (κ2) is 3.74. The van der Waals surface area contributed by atoms with Crippen LogP contribution in [-0.2, 0) is 0 Å². The third-order valence-corrected chi connectivity index (χ3v) is 3.46. The molecule has 3 aliphatic heterocycles. The molecule has 2 bridgehead atoms. The minimum absolute atomic E-state index is 0.810. The molecule has 3 fully saturated rings. The molecule has 0 spiro atoms. The van der Waals surface area contributed by atoms with Gasteiger partial charge < -0.3 is 0 Å². The molecule has 0 N–H and O–H groups in total. The molecule has 78 valence electrons. The van der Waals surface area contributed by atoms with Crippen LogP contribution in [0.1, 0.15) is 18.5 Å². The first kappa shape index (κ1) is 9.04.